The number of carbonyl (C=O) groups excluding carboxylic acids is 1. The predicted octanol–water partition coefficient (Wildman–Crippen LogP) is 6.48. The molecule has 2 atom stereocenters. The molecule has 5 rings (SSSR count). The molecule has 0 radical (unpaired) electrons. The minimum absolute atomic E-state index is 0.155. The van der Waals surface area contributed by atoms with Gasteiger partial charge in [0.15, 0.2) is 5.54 Å². The minimum Gasteiger partial charge on any atom is -0.396 e. The van der Waals surface area contributed by atoms with Crippen LogP contribution in [0.1, 0.15) is 63.0 Å². The van der Waals surface area contributed by atoms with Gasteiger partial charge in [-0.05, 0) is 98.3 Å². The number of nitrogen functional groups attached to an aromatic ring is 1. The Morgan fingerprint density at radius 3 is 2.40 bits per heavy atom. The molecule has 2 aliphatic heterocycles. The number of hydrogen-bond acceptors (Lipinski definition) is 4. The number of likely N-dealkylation sites (tertiary alicyclic amines) is 1. The molecule has 2 N–H and O–H groups in total. The molecule has 2 heterocycles. The fourth-order valence-electron chi connectivity index (χ4n) is 6.26. The maximum absolute atomic E-state index is 14.2. The third kappa shape index (κ3) is 5.33. The lowest BCUT2D eigenvalue weighted by Crippen LogP contribution is -2.44. The second-order valence-corrected chi connectivity index (χ2v) is 11.2. The molecule has 0 aromatic heterocycles. The van der Waals surface area contributed by atoms with Crippen LogP contribution in [0.25, 0.3) is 0 Å². The third-order valence-electron chi connectivity index (χ3n) is 8.58. The number of anilines is 1. The maximum Gasteiger partial charge on any atom is 0.264 e. The standard InChI is InChI=1S/C32H37F3N4O/c1-3-30-37-32(24-6-9-26(33)10-7-24,25-8-12-27(34)21(2)19-25)31(40)39(30)16-4-15-38-17-13-22(14-18-38)23-5-11-28(35)29(36)20-23/h5-12,20-22H,3-4,13-19,36H2,1-2H3. The average molecular weight is 551 g/mol. The molecular formula is C32H37F3N4O. The van der Waals surface area contributed by atoms with Gasteiger partial charge in [-0.15, -0.1) is 0 Å². The third-order valence-corrected chi connectivity index (χ3v) is 8.58. The van der Waals surface area contributed by atoms with Crippen LogP contribution >= 0.6 is 0 Å². The fourth-order valence-corrected chi connectivity index (χ4v) is 6.26. The average Bonchev–Trinajstić information content (AvgIpc) is 3.24. The Hall–Kier alpha value is -3.39. The van der Waals surface area contributed by atoms with Crippen LogP contribution in [0.2, 0.25) is 0 Å². The topological polar surface area (TPSA) is 61.9 Å². The van der Waals surface area contributed by atoms with Crippen LogP contribution in [-0.4, -0.2) is 47.7 Å². The normalized spacial score (nSPS) is 24.2. The number of benzene rings is 2. The first-order valence-corrected chi connectivity index (χ1v) is 14.2. The van der Waals surface area contributed by atoms with Crippen LogP contribution in [0.5, 0.6) is 0 Å². The Bertz CT molecular complexity index is 1340. The summed E-state index contributed by atoms with van der Waals surface area (Å²) in [7, 11) is 0. The minimum atomic E-state index is -1.31. The van der Waals surface area contributed by atoms with E-state index in [1.165, 1.54) is 24.3 Å². The molecule has 2 unspecified atom stereocenters. The first kappa shape index (κ1) is 28.1. The van der Waals surface area contributed by atoms with Crippen LogP contribution < -0.4 is 5.73 Å². The Balaban J connectivity index is 1.28. The first-order chi connectivity index (χ1) is 19.2. The molecule has 1 saturated heterocycles. The second-order valence-electron chi connectivity index (χ2n) is 11.2. The number of nitrogens with two attached hydrogens (primary N) is 1. The molecule has 0 bridgehead atoms. The Kier molecular flexibility index (Phi) is 8.17. The van der Waals surface area contributed by atoms with E-state index in [9.17, 15) is 18.0 Å². The van der Waals surface area contributed by atoms with Gasteiger partial charge in [0.2, 0.25) is 0 Å². The summed E-state index contributed by atoms with van der Waals surface area (Å²) in [6, 6.07) is 11.0. The highest BCUT2D eigenvalue weighted by Crippen LogP contribution is 2.45. The lowest BCUT2D eigenvalue weighted by molar-refractivity contribution is -0.130. The highest BCUT2D eigenvalue weighted by atomic mass is 19.1. The van der Waals surface area contributed by atoms with E-state index >= 15 is 0 Å². The lowest BCUT2D eigenvalue weighted by atomic mass is 9.76. The number of amides is 1. The molecule has 8 heteroatoms. The molecule has 40 heavy (non-hydrogen) atoms. The number of amidine groups is 1. The summed E-state index contributed by atoms with van der Waals surface area (Å²) in [6.45, 7) is 6.99. The smallest absolute Gasteiger partial charge is 0.264 e. The van der Waals surface area contributed by atoms with Crippen molar-refractivity contribution in [2.24, 2.45) is 10.9 Å². The number of piperidine rings is 1. The van der Waals surface area contributed by atoms with Crippen LogP contribution in [0.4, 0.5) is 18.9 Å². The first-order valence-electron chi connectivity index (χ1n) is 14.2. The number of hydrogen-bond donors (Lipinski definition) is 1. The van der Waals surface area contributed by atoms with Gasteiger partial charge in [-0.3, -0.25) is 9.69 Å². The van der Waals surface area contributed by atoms with Crippen molar-refractivity contribution in [1.29, 1.82) is 0 Å². The zero-order valence-corrected chi connectivity index (χ0v) is 23.2. The van der Waals surface area contributed by atoms with E-state index in [4.69, 9.17) is 10.7 Å². The summed E-state index contributed by atoms with van der Waals surface area (Å²) in [4.78, 5) is 23.4. The number of nitrogens with zero attached hydrogens (tertiary/aromatic N) is 3. The van der Waals surface area contributed by atoms with Crippen molar-refractivity contribution in [3.8, 4) is 0 Å². The Morgan fingerprint density at radius 1 is 1.02 bits per heavy atom. The van der Waals surface area contributed by atoms with Crippen molar-refractivity contribution in [2.45, 2.75) is 57.4 Å². The van der Waals surface area contributed by atoms with Crippen LogP contribution in [0.15, 0.2) is 71.0 Å². The Labute approximate surface area is 234 Å². The van der Waals surface area contributed by atoms with E-state index in [0.29, 0.717) is 36.7 Å². The van der Waals surface area contributed by atoms with Crippen LogP contribution in [0, 0.1) is 17.6 Å². The summed E-state index contributed by atoms with van der Waals surface area (Å²) in [6.07, 6.45) is 6.77. The van der Waals surface area contributed by atoms with Gasteiger partial charge in [-0.1, -0.05) is 38.1 Å². The molecule has 212 valence electrons. The van der Waals surface area contributed by atoms with Crippen molar-refractivity contribution >= 4 is 17.4 Å². The van der Waals surface area contributed by atoms with E-state index < -0.39 is 5.54 Å². The summed E-state index contributed by atoms with van der Waals surface area (Å²) in [5, 5.41) is 0. The molecule has 0 saturated carbocycles. The molecule has 0 spiro atoms. The summed E-state index contributed by atoms with van der Waals surface area (Å²) >= 11 is 0. The number of allylic oxidation sites excluding steroid dienone is 3. The van der Waals surface area contributed by atoms with Crippen LogP contribution in [0.3, 0.4) is 0 Å². The van der Waals surface area contributed by atoms with Gasteiger partial charge in [-0.25, -0.2) is 18.2 Å². The van der Waals surface area contributed by atoms with E-state index in [1.807, 2.05) is 13.0 Å². The second kappa shape index (κ2) is 11.6. The van der Waals surface area contributed by atoms with Gasteiger partial charge in [0, 0.05) is 18.9 Å². The van der Waals surface area contributed by atoms with Crippen molar-refractivity contribution < 1.29 is 18.0 Å². The van der Waals surface area contributed by atoms with E-state index in [2.05, 4.69) is 4.90 Å². The molecule has 2 aromatic rings. The zero-order valence-electron chi connectivity index (χ0n) is 23.2. The number of rotatable bonds is 8. The van der Waals surface area contributed by atoms with Gasteiger partial charge >= 0.3 is 0 Å². The van der Waals surface area contributed by atoms with Gasteiger partial charge in [0.05, 0.1) is 5.69 Å². The van der Waals surface area contributed by atoms with E-state index in [-0.39, 0.29) is 35.0 Å². The molecule has 3 aliphatic rings. The Morgan fingerprint density at radius 2 is 1.75 bits per heavy atom. The lowest BCUT2D eigenvalue weighted by Gasteiger charge is -2.33. The zero-order chi connectivity index (χ0) is 28.4. The predicted molar refractivity (Wildman–Crippen MR) is 152 cm³/mol. The monoisotopic (exact) mass is 550 g/mol. The summed E-state index contributed by atoms with van der Waals surface area (Å²) < 4.78 is 41.7. The largest absolute Gasteiger partial charge is 0.396 e. The van der Waals surface area contributed by atoms with Gasteiger partial charge < -0.3 is 10.6 Å². The molecule has 5 nitrogen and oxygen atoms in total. The molecule has 2 aromatic carbocycles. The number of halogens is 3. The van der Waals surface area contributed by atoms with Crippen molar-refractivity contribution in [3.05, 3.63) is 88.8 Å². The number of carbonyl (C=O) groups is 1. The van der Waals surface area contributed by atoms with Gasteiger partial charge in [-0.2, -0.15) is 0 Å². The molecule has 1 aliphatic carbocycles. The quantitative estimate of drug-likeness (QED) is 0.383. The van der Waals surface area contributed by atoms with Gasteiger partial charge in [0.1, 0.15) is 23.3 Å². The highest BCUT2D eigenvalue weighted by molar-refractivity contribution is 6.10. The van der Waals surface area contributed by atoms with Crippen molar-refractivity contribution in [1.82, 2.24) is 9.80 Å². The van der Waals surface area contributed by atoms with E-state index in [1.54, 1.807) is 36.1 Å². The fraction of sp³-hybridized carbons (Fsp3) is 0.438. The summed E-state index contributed by atoms with van der Waals surface area (Å²) in [5.41, 5.74) is 7.08. The molecule has 1 amide bonds. The van der Waals surface area contributed by atoms with Gasteiger partial charge in [0.25, 0.3) is 5.91 Å². The molecular weight excluding hydrogens is 513 g/mol. The maximum atomic E-state index is 14.2. The number of aliphatic imine (C=N–C) groups is 1. The SMILES string of the molecule is CCC1=NC(C2=CC=C(F)C(C)C2)(c2ccc(F)cc2)C(=O)N1CCCN1CCC(c2ccc(F)c(N)c2)CC1. The van der Waals surface area contributed by atoms with Crippen molar-refractivity contribution in [2.75, 3.05) is 31.9 Å². The van der Waals surface area contributed by atoms with Crippen LogP contribution in [-0.2, 0) is 10.3 Å². The van der Waals surface area contributed by atoms with Crippen molar-refractivity contribution in [3.63, 3.8) is 0 Å². The highest BCUT2D eigenvalue weighted by Gasteiger charge is 2.52. The summed E-state index contributed by atoms with van der Waals surface area (Å²) in [5.74, 6) is -0.429. The molecule has 1 fully saturated rings. The van der Waals surface area contributed by atoms with E-state index in [0.717, 1.165) is 50.0 Å².